The van der Waals surface area contributed by atoms with E-state index in [1.165, 1.54) is 38.5 Å². The van der Waals surface area contributed by atoms with Crippen molar-refractivity contribution >= 4 is 11.9 Å². The molecule has 1 saturated heterocycles. The molecule has 0 aromatic carbocycles. The Morgan fingerprint density at radius 1 is 1.17 bits per heavy atom. The van der Waals surface area contributed by atoms with Crippen LogP contribution in [-0.4, -0.2) is 49.5 Å². The minimum absolute atomic E-state index is 0.300. The van der Waals surface area contributed by atoms with Crippen molar-refractivity contribution in [3.05, 3.63) is 0 Å². The summed E-state index contributed by atoms with van der Waals surface area (Å²) in [5.74, 6) is 2.58. The number of rotatable bonds is 5. The number of hydrogen-bond acceptors (Lipinski definition) is 2. The second-order valence-electron chi connectivity index (χ2n) is 8.46. The molecule has 1 atom stereocenters. The van der Waals surface area contributed by atoms with Crippen LogP contribution in [0.3, 0.4) is 0 Å². The summed E-state index contributed by atoms with van der Waals surface area (Å²) < 4.78 is 0. The summed E-state index contributed by atoms with van der Waals surface area (Å²) in [7, 11) is 1.85. The molecule has 1 heterocycles. The third-order valence-electron chi connectivity index (χ3n) is 6.71. The average Bonchev–Trinajstić information content (AvgIpc) is 3.49. The lowest BCUT2D eigenvalue weighted by atomic mass is 10.0. The second-order valence-corrected chi connectivity index (χ2v) is 8.46. The summed E-state index contributed by atoms with van der Waals surface area (Å²) in [4.78, 5) is 19.0. The van der Waals surface area contributed by atoms with E-state index >= 15 is 0 Å². The van der Waals surface area contributed by atoms with E-state index in [1.54, 1.807) is 0 Å². The Morgan fingerprint density at radius 3 is 2.54 bits per heavy atom. The van der Waals surface area contributed by atoms with Crippen LogP contribution in [0.2, 0.25) is 0 Å². The first kappa shape index (κ1) is 16.2. The number of guanidine groups is 1. The first-order valence-electron chi connectivity index (χ1n) is 9.96. The summed E-state index contributed by atoms with van der Waals surface area (Å²) in [6.07, 6.45) is 11.3. The van der Waals surface area contributed by atoms with E-state index in [2.05, 4.69) is 20.5 Å². The van der Waals surface area contributed by atoms with Gasteiger partial charge < -0.3 is 15.5 Å². The van der Waals surface area contributed by atoms with E-state index in [0.717, 1.165) is 50.8 Å². The SMILES string of the molecule is CN=C(NCC1(C2CC2)CC1)NC1CCN(C(=O)C2CCCC2)C1. The number of aliphatic imine (C=N–C) groups is 1. The molecular weight excluding hydrogens is 300 g/mol. The lowest BCUT2D eigenvalue weighted by molar-refractivity contribution is -0.134. The summed E-state index contributed by atoms with van der Waals surface area (Å²) in [6.45, 7) is 2.80. The lowest BCUT2D eigenvalue weighted by Crippen LogP contribution is -2.47. The lowest BCUT2D eigenvalue weighted by Gasteiger charge is -2.22. The maximum Gasteiger partial charge on any atom is 0.225 e. The number of likely N-dealkylation sites (tertiary alicyclic amines) is 1. The molecule has 0 aromatic rings. The largest absolute Gasteiger partial charge is 0.356 e. The third kappa shape index (κ3) is 3.40. The van der Waals surface area contributed by atoms with E-state index in [-0.39, 0.29) is 0 Å². The maximum atomic E-state index is 12.5. The van der Waals surface area contributed by atoms with Crippen LogP contribution in [0.25, 0.3) is 0 Å². The molecule has 3 aliphatic carbocycles. The standard InChI is InChI=1S/C19H32N4O/c1-20-18(21-13-19(9-10-19)15-6-7-15)22-16-8-11-23(12-16)17(24)14-4-2-3-5-14/h14-16H,2-13H2,1H3,(H2,20,21,22). The van der Waals surface area contributed by atoms with E-state index in [1.807, 2.05) is 7.05 Å². The maximum absolute atomic E-state index is 12.5. The molecule has 5 heteroatoms. The van der Waals surface area contributed by atoms with E-state index in [0.29, 0.717) is 23.3 Å². The molecule has 0 bridgehead atoms. The van der Waals surface area contributed by atoms with Crippen LogP contribution in [-0.2, 0) is 4.79 Å². The average molecular weight is 332 g/mol. The van der Waals surface area contributed by atoms with Gasteiger partial charge in [0.15, 0.2) is 5.96 Å². The van der Waals surface area contributed by atoms with Gasteiger partial charge in [-0.25, -0.2) is 0 Å². The first-order valence-corrected chi connectivity index (χ1v) is 9.96. The molecule has 4 aliphatic rings. The van der Waals surface area contributed by atoms with Crippen molar-refractivity contribution in [3.63, 3.8) is 0 Å². The highest BCUT2D eigenvalue weighted by Crippen LogP contribution is 2.60. The Kier molecular flexibility index (Phi) is 4.44. The summed E-state index contributed by atoms with van der Waals surface area (Å²) in [5.41, 5.74) is 0.581. The molecule has 4 rings (SSSR count). The van der Waals surface area contributed by atoms with Gasteiger partial charge in [-0.2, -0.15) is 0 Å². The highest BCUT2D eigenvalue weighted by atomic mass is 16.2. The topological polar surface area (TPSA) is 56.7 Å². The van der Waals surface area contributed by atoms with Gasteiger partial charge in [0, 0.05) is 38.6 Å². The van der Waals surface area contributed by atoms with Crippen LogP contribution in [0, 0.1) is 17.3 Å². The third-order valence-corrected chi connectivity index (χ3v) is 6.71. The zero-order chi connectivity index (χ0) is 16.6. The molecule has 5 nitrogen and oxygen atoms in total. The van der Waals surface area contributed by atoms with Crippen LogP contribution in [0.1, 0.15) is 57.8 Å². The molecule has 134 valence electrons. The number of hydrogen-bond donors (Lipinski definition) is 2. The second kappa shape index (κ2) is 6.57. The molecule has 0 radical (unpaired) electrons. The van der Waals surface area contributed by atoms with Crippen molar-refractivity contribution in [2.24, 2.45) is 22.2 Å². The number of nitrogens with zero attached hydrogens (tertiary/aromatic N) is 2. The Hall–Kier alpha value is -1.26. The molecule has 24 heavy (non-hydrogen) atoms. The van der Waals surface area contributed by atoms with Gasteiger partial charge in [0.05, 0.1) is 0 Å². The quantitative estimate of drug-likeness (QED) is 0.599. The van der Waals surface area contributed by atoms with Crippen LogP contribution < -0.4 is 10.6 Å². The first-order chi connectivity index (χ1) is 11.7. The van der Waals surface area contributed by atoms with Crippen molar-refractivity contribution in [2.75, 3.05) is 26.7 Å². The molecule has 2 N–H and O–H groups in total. The van der Waals surface area contributed by atoms with Crippen LogP contribution in [0.15, 0.2) is 4.99 Å². The summed E-state index contributed by atoms with van der Waals surface area (Å²) in [5, 5.41) is 7.10. The van der Waals surface area contributed by atoms with Gasteiger partial charge in [0.1, 0.15) is 0 Å². The molecule has 3 saturated carbocycles. The van der Waals surface area contributed by atoms with Gasteiger partial charge in [0.2, 0.25) is 5.91 Å². The smallest absolute Gasteiger partial charge is 0.225 e. The van der Waals surface area contributed by atoms with Gasteiger partial charge in [0.25, 0.3) is 0 Å². The molecule has 1 amide bonds. The van der Waals surface area contributed by atoms with Gasteiger partial charge >= 0.3 is 0 Å². The Bertz CT molecular complexity index is 503. The fourth-order valence-electron chi connectivity index (χ4n) is 4.74. The number of amides is 1. The number of nitrogens with one attached hydrogen (secondary N) is 2. The van der Waals surface area contributed by atoms with Crippen LogP contribution >= 0.6 is 0 Å². The monoisotopic (exact) mass is 332 g/mol. The Balaban J connectivity index is 1.23. The highest BCUT2D eigenvalue weighted by Gasteiger charge is 2.53. The van der Waals surface area contributed by atoms with Crippen molar-refractivity contribution in [3.8, 4) is 0 Å². The van der Waals surface area contributed by atoms with E-state index in [9.17, 15) is 4.79 Å². The number of carbonyl (C=O) groups excluding carboxylic acids is 1. The minimum atomic E-state index is 0.300. The zero-order valence-electron chi connectivity index (χ0n) is 15.0. The molecule has 0 spiro atoms. The molecule has 0 aromatic heterocycles. The van der Waals surface area contributed by atoms with Crippen LogP contribution in [0.4, 0.5) is 0 Å². The van der Waals surface area contributed by atoms with Crippen molar-refractivity contribution in [1.82, 2.24) is 15.5 Å². The molecule has 1 unspecified atom stereocenters. The molecular formula is C19H32N4O. The van der Waals surface area contributed by atoms with Gasteiger partial charge in [-0.05, 0) is 56.3 Å². The fourth-order valence-corrected chi connectivity index (χ4v) is 4.74. The highest BCUT2D eigenvalue weighted by molar-refractivity contribution is 5.81. The Morgan fingerprint density at radius 2 is 1.92 bits per heavy atom. The van der Waals surface area contributed by atoms with Crippen molar-refractivity contribution in [2.45, 2.75) is 63.8 Å². The van der Waals surface area contributed by atoms with Crippen molar-refractivity contribution < 1.29 is 4.79 Å². The molecule has 4 fully saturated rings. The molecule has 1 aliphatic heterocycles. The minimum Gasteiger partial charge on any atom is -0.356 e. The van der Waals surface area contributed by atoms with Gasteiger partial charge in [-0.1, -0.05) is 12.8 Å². The Labute approximate surface area is 145 Å². The van der Waals surface area contributed by atoms with E-state index < -0.39 is 0 Å². The van der Waals surface area contributed by atoms with Crippen molar-refractivity contribution in [1.29, 1.82) is 0 Å². The summed E-state index contributed by atoms with van der Waals surface area (Å²) >= 11 is 0. The number of carbonyl (C=O) groups is 1. The van der Waals surface area contributed by atoms with E-state index in [4.69, 9.17) is 0 Å². The fraction of sp³-hybridized carbons (Fsp3) is 0.895. The predicted octanol–water partition coefficient (Wildman–Crippen LogP) is 2.13. The van der Waals surface area contributed by atoms with Crippen LogP contribution in [0.5, 0.6) is 0 Å². The van der Waals surface area contributed by atoms with Gasteiger partial charge in [-0.15, -0.1) is 0 Å². The normalized spacial score (nSPS) is 29.8. The zero-order valence-corrected chi connectivity index (χ0v) is 15.0. The predicted molar refractivity (Wildman–Crippen MR) is 95.8 cm³/mol. The van der Waals surface area contributed by atoms with Gasteiger partial charge in [-0.3, -0.25) is 9.79 Å². The summed E-state index contributed by atoms with van der Waals surface area (Å²) in [6, 6.07) is 0.345.